The molecule has 0 aromatic rings. The van der Waals surface area contributed by atoms with Gasteiger partial charge in [0.2, 0.25) is 0 Å². The van der Waals surface area contributed by atoms with Crippen LogP contribution >= 0.6 is 0 Å². The van der Waals surface area contributed by atoms with Crippen LogP contribution in [0, 0.1) is 5.92 Å². The van der Waals surface area contributed by atoms with Crippen molar-refractivity contribution >= 4 is 12.0 Å². The summed E-state index contributed by atoms with van der Waals surface area (Å²) in [6.45, 7) is 3.64. The van der Waals surface area contributed by atoms with Gasteiger partial charge in [-0.05, 0) is 25.7 Å². The van der Waals surface area contributed by atoms with Gasteiger partial charge in [0.05, 0.1) is 12.0 Å². The normalized spacial score (nSPS) is 18.1. The van der Waals surface area contributed by atoms with E-state index in [9.17, 15) is 9.59 Å². The number of urea groups is 1. The van der Waals surface area contributed by atoms with Gasteiger partial charge in [-0.25, -0.2) is 4.79 Å². The number of nitrogens with zero attached hydrogens (tertiary/aromatic N) is 1. The van der Waals surface area contributed by atoms with E-state index >= 15 is 0 Å². The molecule has 1 atom stereocenters. The first-order chi connectivity index (χ1) is 9.04. The maximum atomic E-state index is 11.8. The number of aliphatic carboxylic acids is 1. The molecule has 0 aliphatic carbocycles. The first-order valence-corrected chi connectivity index (χ1v) is 6.83. The van der Waals surface area contributed by atoms with E-state index in [1.54, 1.807) is 18.9 Å². The Morgan fingerprint density at radius 2 is 2.05 bits per heavy atom. The Bertz CT molecular complexity index is 301. The second-order valence-electron chi connectivity index (χ2n) is 5.04. The highest BCUT2D eigenvalue weighted by Gasteiger charge is 2.22. The second-order valence-corrected chi connectivity index (χ2v) is 5.04. The van der Waals surface area contributed by atoms with Crippen LogP contribution in [0.5, 0.6) is 0 Å². The van der Waals surface area contributed by atoms with Crippen molar-refractivity contribution in [3.63, 3.8) is 0 Å². The molecule has 19 heavy (non-hydrogen) atoms. The molecule has 0 radical (unpaired) electrons. The monoisotopic (exact) mass is 272 g/mol. The van der Waals surface area contributed by atoms with Gasteiger partial charge >= 0.3 is 12.0 Å². The number of amides is 2. The number of hydrogen-bond acceptors (Lipinski definition) is 3. The Balaban J connectivity index is 2.13. The lowest BCUT2D eigenvalue weighted by Gasteiger charge is -2.31. The summed E-state index contributed by atoms with van der Waals surface area (Å²) in [5.74, 6) is -1.14. The number of carboxylic acids is 1. The van der Waals surface area contributed by atoms with Crippen LogP contribution in [0.15, 0.2) is 0 Å². The van der Waals surface area contributed by atoms with Crippen molar-refractivity contribution < 1.29 is 19.4 Å². The lowest BCUT2D eigenvalue weighted by Crippen LogP contribution is -2.46. The number of hydrogen-bond donors (Lipinski definition) is 2. The highest BCUT2D eigenvalue weighted by atomic mass is 16.5. The SMILES string of the molecule is COC1CCN(C(=O)NCCCC(C)C(=O)O)CC1. The topological polar surface area (TPSA) is 78.9 Å². The van der Waals surface area contributed by atoms with E-state index in [0.717, 1.165) is 25.9 Å². The molecule has 1 heterocycles. The highest BCUT2D eigenvalue weighted by molar-refractivity contribution is 5.74. The number of rotatable bonds is 6. The molecule has 110 valence electrons. The van der Waals surface area contributed by atoms with Gasteiger partial charge in [-0.3, -0.25) is 4.79 Å². The van der Waals surface area contributed by atoms with Crippen LogP contribution in [0.4, 0.5) is 4.79 Å². The number of carbonyl (C=O) groups is 2. The molecular formula is C13H24N2O4. The van der Waals surface area contributed by atoms with Crippen LogP contribution in [-0.2, 0) is 9.53 Å². The maximum absolute atomic E-state index is 11.8. The van der Waals surface area contributed by atoms with E-state index < -0.39 is 5.97 Å². The van der Waals surface area contributed by atoms with Gasteiger partial charge in [0.25, 0.3) is 0 Å². The van der Waals surface area contributed by atoms with Crippen molar-refractivity contribution in [2.45, 2.75) is 38.7 Å². The fourth-order valence-corrected chi connectivity index (χ4v) is 2.13. The molecular weight excluding hydrogens is 248 g/mol. The van der Waals surface area contributed by atoms with Gasteiger partial charge in [-0.15, -0.1) is 0 Å². The Hall–Kier alpha value is -1.30. The minimum atomic E-state index is -0.784. The zero-order valence-electron chi connectivity index (χ0n) is 11.7. The number of carbonyl (C=O) groups excluding carboxylic acids is 1. The average molecular weight is 272 g/mol. The molecule has 1 rings (SSSR count). The number of piperidine rings is 1. The molecule has 6 heteroatoms. The maximum Gasteiger partial charge on any atom is 0.317 e. The predicted molar refractivity (Wildman–Crippen MR) is 71.0 cm³/mol. The predicted octanol–water partition coefficient (Wildman–Crippen LogP) is 1.31. The van der Waals surface area contributed by atoms with Gasteiger partial charge in [0.1, 0.15) is 0 Å². The Morgan fingerprint density at radius 3 is 2.58 bits per heavy atom. The van der Waals surface area contributed by atoms with E-state index in [1.807, 2.05) is 0 Å². The standard InChI is InChI=1S/C13H24N2O4/c1-10(12(16)17)4-3-7-14-13(18)15-8-5-11(19-2)6-9-15/h10-11H,3-9H2,1-2H3,(H,14,18)(H,16,17). The van der Waals surface area contributed by atoms with E-state index in [4.69, 9.17) is 9.84 Å². The van der Waals surface area contributed by atoms with Crippen molar-refractivity contribution in [1.82, 2.24) is 10.2 Å². The summed E-state index contributed by atoms with van der Waals surface area (Å²) in [6.07, 6.45) is 3.29. The number of nitrogens with one attached hydrogen (secondary N) is 1. The van der Waals surface area contributed by atoms with E-state index in [-0.39, 0.29) is 18.1 Å². The molecule has 6 nitrogen and oxygen atoms in total. The Labute approximate surface area is 114 Å². The molecule has 1 aliphatic heterocycles. The molecule has 0 aromatic heterocycles. The van der Waals surface area contributed by atoms with Crippen LogP contribution in [-0.4, -0.2) is 54.9 Å². The third-order valence-corrected chi connectivity index (χ3v) is 3.57. The van der Waals surface area contributed by atoms with Gasteiger partial charge in [-0.2, -0.15) is 0 Å². The lowest BCUT2D eigenvalue weighted by molar-refractivity contribution is -0.141. The summed E-state index contributed by atoms with van der Waals surface area (Å²) >= 11 is 0. The van der Waals surface area contributed by atoms with E-state index in [1.165, 1.54) is 0 Å². The Kier molecular flexibility index (Phi) is 6.62. The second kappa shape index (κ2) is 7.99. The zero-order valence-corrected chi connectivity index (χ0v) is 11.7. The molecule has 0 spiro atoms. The van der Waals surface area contributed by atoms with Crippen LogP contribution < -0.4 is 5.32 Å². The number of likely N-dealkylation sites (tertiary alicyclic amines) is 1. The molecule has 1 fully saturated rings. The number of ether oxygens (including phenoxy) is 1. The number of carboxylic acid groups (broad SMARTS) is 1. The minimum absolute atomic E-state index is 0.0578. The quantitative estimate of drug-likeness (QED) is 0.714. The lowest BCUT2D eigenvalue weighted by atomic mass is 10.1. The molecule has 1 unspecified atom stereocenters. The fourth-order valence-electron chi connectivity index (χ4n) is 2.13. The highest BCUT2D eigenvalue weighted by Crippen LogP contribution is 2.12. The molecule has 0 aromatic carbocycles. The summed E-state index contributed by atoms with van der Waals surface area (Å²) < 4.78 is 5.25. The largest absolute Gasteiger partial charge is 0.481 e. The van der Waals surface area contributed by atoms with Crippen molar-refractivity contribution in [1.29, 1.82) is 0 Å². The molecule has 1 aliphatic rings. The molecule has 2 amide bonds. The van der Waals surface area contributed by atoms with Crippen LogP contribution in [0.3, 0.4) is 0 Å². The smallest absolute Gasteiger partial charge is 0.317 e. The third-order valence-electron chi connectivity index (χ3n) is 3.57. The zero-order chi connectivity index (χ0) is 14.3. The first-order valence-electron chi connectivity index (χ1n) is 6.83. The Morgan fingerprint density at radius 1 is 1.42 bits per heavy atom. The fraction of sp³-hybridized carbons (Fsp3) is 0.846. The minimum Gasteiger partial charge on any atom is -0.481 e. The van der Waals surface area contributed by atoms with Crippen molar-refractivity contribution in [2.75, 3.05) is 26.7 Å². The van der Waals surface area contributed by atoms with Crippen molar-refractivity contribution in [3.05, 3.63) is 0 Å². The third kappa shape index (κ3) is 5.46. The summed E-state index contributed by atoms with van der Waals surface area (Å²) in [4.78, 5) is 24.2. The summed E-state index contributed by atoms with van der Waals surface area (Å²) in [5.41, 5.74) is 0. The van der Waals surface area contributed by atoms with Gasteiger partial charge in [-0.1, -0.05) is 6.92 Å². The summed E-state index contributed by atoms with van der Waals surface area (Å²) in [7, 11) is 1.70. The van der Waals surface area contributed by atoms with Crippen LogP contribution in [0.2, 0.25) is 0 Å². The summed E-state index contributed by atoms with van der Waals surface area (Å²) in [6, 6.07) is -0.0578. The average Bonchev–Trinajstić information content (AvgIpc) is 2.43. The summed E-state index contributed by atoms with van der Waals surface area (Å²) in [5, 5.41) is 11.6. The first kappa shape index (κ1) is 15.8. The molecule has 1 saturated heterocycles. The van der Waals surface area contributed by atoms with E-state index in [2.05, 4.69) is 5.32 Å². The molecule has 0 bridgehead atoms. The van der Waals surface area contributed by atoms with Crippen molar-refractivity contribution in [3.8, 4) is 0 Å². The van der Waals surface area contributed by atoms with Gasteiger partial charge in [0.15, 0.2) is 0 Å². The molecule has 0 saturated carbocycles. The van der Waals surface area contributed by atoms with Gasteiger partial charge < -0.3 is 20.1 Å². The van der Waals surface area contributed by atoms with Crippen molar-refractivity contribution in [2.24, 2.45) is 5.92 Å². The number of methoxy groups -OCH3 is 1. The van der Waals surface area contributed by atoms with Gasteiger partial charge in [0, 0.05) is 26.7 Å². The van der Waals surface area contributed by atoms with Crippen LogP contribution in [0.25, 0.3) is 0 Å². The van der Waals surface area contributed by atoms with E-state index in [0.29, 0.717) is 19.4 Å². The molecule has 2 N–H and O–H groups in total. The van der Waals surface area contributed by atoms with Crippen LogP contribution in [0.1, 0.15) is 32.6 Å².